The number of thioether (sulfide) groups is 1. The fourth-order valence-corrected chi connectivity index (χ4v) is 3.87. The second-order valence-electron chi connectivity index (χ2n) is 5.08. The number of nitrogens with one attached hydrogen (secondary N) is 1. The van der Waals surface area contributed by atoms with E-state index in [0.717, 1.165) is 63.0 Å². The Balaban J connectivity index is 1.60. The van der Waals surface area contributed by atoms with Crippen LogP contribution in [0.3, 0.4) is 0 Å². The molecule has 0 unspecified atom stereocenters. The SMILES string of the molecule is C1CC(N=C2NC3(CCOCC3)CS2)CCO1. The van der Waals surface area contributed by atoms with Crippen molar-refractivity contribution in [3.63, 3.8) is 0 Å². The summed E-state index contributed by atoms with van der Waals surface area (Å²) in [6, 6.07) is 0.466. The minimum absolute atomic E-state index is 0.271. The topological polar surface area (TPSA) is 42.9 Å². The van der Waals surface area contributed by atoms with Gasteiger partial charge in [0.2, 0.25) is 0 Å². The van der Waals surface area contributed by atoms with Crippen LogP contribution in [0.5, 0.6) is 0 Å². The molecule has 0 aromatic carbocycles. The van der Waals surface area contributed by atoms with Gasteiger partial charge < -0.3 is 14.8 Å². The maximum absolute atomic E-state index is 5.44. The molecule has 0 aromatic rings. The number of amidine groups is 1. The van der Waals surface area contributed by atoms with Crippen molar-refractivity contribution in [1.29, 1.82) is 0 Å². The zero-order chi connectivity index (χ0) is 11.6. The van der Waals surface area contributed by atoms with Crippen LogP contribution in [0, 0.1) is 0 Å². The Hall–Kier alpha value is -0.260. The summed E-state index contributed by atoms with van der Waals surface area (Å²) in [7, 11) is 0. The van der Waals surface area contributed by atoms with Gasteiger partial charge in [0.05, 0.1) is 11.6 Å². The summed E-state index contributed by atoms with van der Waals surface area (Å²) in [5.74, 6) is 1.15. The Bertz CT molecular complexity index is 297. The van der Waals surface area contributed by atoms with Gasteiger partial charge in [-0.3, -0.25) is 4.99 Å². The van der Waals surface area contributed by atoms with E-state index in [1.165, 1.54) is 0 Å². The molecule has 0 aromatic heterocycles. The molecule has 3 aliphatic rings. The van der Waals surface area contributed by atoms with Gasteiger partial charge in [-0.1, -0.05) is 11.8 Å². The van der Waals surface area contributed by atoms with Crippen molar-refractivity contribution in [3.8, 4) is 0 Å². The molecule has 1 spiro atoms. The van der Waals surface area contributed by atoms with Gasteiger partial charge in [0.25, 0.3) is 0 Å². The number of hydrogen-bond acceptors (Lipinski definition) is 4. The van der Waals surface area contributed by atoms with Crippen molar-refractivity contribution in [2.75, 3.05) is 32.2 Å². The average molecular weight is 256 g/mol. The largest absolute Gasteiger partial charge is 0.381 e. The summed E-state index contributed by atoms with van der Waals surface area (Å²) in [4.78, 5) is 4.83. The molecule has 0 atom stereocenters. The minimum atomic E-state index is 0.271. The molecule has 96 valence electrons. The first-order chi connectivity index (χ1) is 8.36. The summed E-state index contributed by atoms with van der Waals surface area (Å²) in [5.41, 5.74) is 0.271. The maximum atomic E-state index is 5.44. The molecule has 4 nitrogen and oxygen atoms in total. The van der Waals surface area contributed by atoms with Crippen molar-refractivity contribution in [2.45, 2.75) is 37.3 Å². The monoisotopic (exact) mass is 256 g/mol. The van der Waals surface area contributed by atoms with Crippen molar-refractivity contribution in [3.05, 3.63) is 0 Å². The molecular formula is C12H20N2O2S. The molecule has 0 radical (unpaired) electrons. The van der Waals surface area contributed by atoms with Gasteiger partial charge >= 0.3 is 0 Å². The van der Waals surface area contributed by atoms with E-state index < -0.39 is 0 Å². The van der Waals surface area contributed by atoms with Crippen molar-refractivity contribution < 1.29 is 9.47 Å². The van der Waals surface area contributed by atoms with Crippen molar-refractivity contribution in [2.24, 2.45) is 4.99 Å². The zero-order valence-electron chi connectivity index (χ0n) is 10.1. The predicted molar refractivity (Wildman–Crippen MR) is 69.7 cm³/mol. The molecule has 0 saturated carbocycles. The Morgan fingerprint density at radius 1 is 1.12 bits per heavy atom. The third-order valence-corrected chi connectivity index (χ3v) is 4.98. The van der Waals surface area contributed by atoms with E-state index in [9.17, 15) is 0 Å². The van der Waals surface area contributed by atoms with Crippen LogP contribution < -0.4 is 5.32 Å². The number of hydrogen-bond donors (Lipinski definition) is 1. The lowest BCUT2D eigenvalue weighted by Gasteiger charge is -2.32. The van der Waals surface area contributed by atoms with Gasteiger partial charge in [0.15, 0.2) is 5.17 Å². The highest BCUT2D eigenvalue weighted by molar-refractivity contribution is 8.14. The van der Waals surface area contributed by atoms with E-state index >= 15 is 0 Å². The minimum Gasteiger partial charge on any atom is -0.381 e. The fourth-order valence-electron chi connectivity index (χ4n) is 2.59. The molecular weight excluding hydrogens is 236 g/mol. The van der Waals surface area contributed by atoms with E-state index in [-0.39, 0.29) is 5.54 Å². The summed E-state index contributed by atoms with van der Waals surface area (Å²) < 4.78 is 10.8. The van der Waals surface area contributed by atoms with Crippen LogP contribution in [0.1, 0.15) is 25.7 Å². The molecule has 1 N–H and O–H groups in total. The van der Waals surface area contributed by atoms with Gasteiger partial charge in [-0.15, -0.1) is 0 Å². The molecule has 3 saturated heterocycles. The molecule has 3 rings (SSSR count). The lowest BCUT2D eigenvalue weighted by Crippen LogP contribution is -2.48. The fraction of sp³-hybridized carbons (Fsp3) is 0.917. The van der Waals surface area contributed by atoms with Crippen LogP contribution in [0.2, 0.25) is 0 Å². The number of rotatable bonds is 1. The van der Waals surface area contributed by atoms with E-state index in [2.05, 4.69) is 5.32 Å². The second kappa shape index (κ2) is 5.16. The number of nitrogens with zero attached hydrogens (tertiary/aromatic N) is 1. The molecule has 5 heteroatoms. The first kappa shape index (κ1) is 11.8. The summed E-state index contributed by atoms with van der Waals surface area (Å²) in [6.07, 6.45) is 4.38. The Morgan fingerprint density at radius 2 is 1.82 bits per heavy atom. The molecule has 0 aliphatic carbocycles. The van der Waals surface area contributed by atoms with Crippen molar-refractivity contribution in [1.82, 2.24) is 5.32 Å². The van der Waals surface area contributed by atoms with Crippen LogP contribution in [-0.4, -0.2) is 48.9 Å². The molecule has 3 heterocycles. The first-order valence-electron chi connectivity index (χ1n) is 6.51. The highest BCUT2D eigenvalue weighted by Crippen LogP contribution is 2.32. The first-order valence-corrected chi connectivity index (χ1v) is 7.49. The molecule has 3 aliphatic heterocycles. The smallest absolute Gasteiger partial charge is 0.157 e. The lowest BCUT2D eigenvalue weighted by molar-refractivity contribution is 0.0554. The summed E-state index contributed by atoms with van der Waals surface area (Å²) in [5, 5.41) is 4.80. The Morgan fingerprint density at radius 3 is 2.59 bits per heavy atom. The van der Waals surface area contributed by atoms with Crippen LogP contribution in [0.25, 0.3) is 0 Å². The van der Waals surface area contributed by atoms with Gasteiger partial charge in [-0.25, -0.2) is 0 Å². The predicted octanol–water partition coefficient (Wildman–Crippen LogP) is 1.41. The van der Waals surface area contributed by atoms with E-state index in [1.807, 2.05) is 11.8 Å². The van der Waals surface area contributed by atoms with Crippen LogP contribution in [0.15, 0.2) is 4.99 Å². The van der Waals surface area contributed by atoms with Crippen molar-refractivity contribution >= 4 is 16.9 Å². The van der Waals surface area contributed by atoms with Gasteiger partial charge in [-0.05, 0) is 25.7 Å². The highest BCUT2D eigenvalue weighted by Gasteiger charge is 2.38. The van der Waals surface area contributed by atoms with E-state index in [1.54, 1.807) is 0 Å². The van der Waals surface area contributed by atoms with Crippen LogP contribution >= 0.6 is 11.8 Å². The molecule has 3 fully saturated rings. The van der Waals surface area contributed by atoms with Gasteiger partial charge in [-0.2, -0.15) is 0 Å². The maximum Gasteiger partial charge on any atom is 0.157 e. The molecule has 17 heavy (non-hydrogen) atoms. The lowest BCUT2D eigenvalue weighted by atomic mass is 9.93. The number of ether oxygens (including phenoxy) is 2. The second-order valence-corrected chi connectivity index (χ2v) is 6.05. The Labute approximate surface area is 107 Å². The zero-order valence-corrected chi connectivity index (χ0v) is 10.9. The summed E-state index contributed by atoms with van der Waals surface area (Å²) in [6.45, 7) is 3.51. The van der Waals surface area contributed by atoms with Gasteiger partial charge in [0.1, 0.15) is 0 Å². The Kier molecular flexibility index (Phi) is 3.59. The standard InChI is InChI=1S/C12H20N2O2S/c1-5-15-6-2-10(1)13-11-14-12(9-17-11)3-7-16-8-4-12/h10H,1-9H2,(H,13,14). The molecule has 0 bridgehead atoms. The average Bonchev–Trinajstić information content (AvgIpc) is 2.74. The third-order valence-electron chi connectivity index (χ3n) is 3.80. The third kappa shape index (κ3) is 2.77. The van der Waals surface area contributed by atoms with Crippen LogP contribution in [0.4, 0.5) is 0 Å². The highest BCUT2D eigenvalue weighted by atomic mass is 32.2. The van der Waals surface area contributed by atoms with E-state index in [0.29, 0.717) is 6.04 Å². The van der Waals surface area contributed by atoms with Crippen LogP contribution in [-0.2, 0) is 9.47 Å². The molecule has 0 amide bonds. The quantitative estimate of drug-likeness (QED) is 0.770. The summed E-state index contributed by atoms with van der Waals surface area (Å²) >= 11 is 1.88. The number of aliphatic imine (C=N–C) groups is 1. The van der Waals surface area contributed by atoms with E-state index in [4.69, 9.17) is 14.5 Å². The van der Waals surface area contributed by atoms with Gasteiger partial charge in [0, 0.05) is 32.2 Å². The normalized spacial score (nSPS) is 31.9.